The van der Waals surface area contributed by atoms with E-state index >= 15 is 0 Å². The monoisotopic (exact) mass is 533 g/mol. The molecule has 0 spiro atoms. The van der Waals surface area contributed by atoms with Crippen molar-refractivity contribution < 1.29 is 17.9 Å². The Kier molecular flexibility index (Phi) is 7.97. The number of nitrogens with one attached hydrogen (secondary N) is 3. The van der Waals surface area contributed by atoms with Gasteiger partial charge >= 0.3 is 0 Å². The number of carbonyl (C=O) groups is 1. The molecule has 0 radical (unpaired) electrons. The Balaban J connectivity index is 1.58. The minimum atomic E-state index is -3.66. The fraction of sp³-hybridized carbons (Fsp3) is 0.0909. The second-order valence-corrected chi connectivity index (χ2v) is 9.62. The van der Waals surface area contributed by atoms with Crippen molar-refractivity contribution in [1.29, 1.82) is 0 Å². The standard InChI is InChI=1S/C22H20BrN3O4S2/c1-30-20-12-7-16(13-19(20)23)21(27)26-22(31)25-17-8-10-18(11-9-17)32(28,29)24-14-15-5-3-2-4-6-15/h2-13,24H,14H2,1H3,(H2,25,26,27,31). The quantitative estimate of drug-likeness (QED) is 0.396. The highest BCUT2D eigenvalue weighted by molar-refractivity contribution is 9.10. The van der Waals surface area contributed by atoms with E-state index in [1.54, 1.807) is 30.3 Å². The smallest absolute Gasteiger partial charge is 0.257 e. The molecule has 7 nitrogen and oxygen atoms in total. The molecular formula is C22H20BrN3O4S2. The Morgan fingerprint density at radius 2 is 1.72 bits per heavy atom. The van der Waals surface area contributed by atoms with E-state index in [0.29, 0.717) is 21.5 Å². The highest BCUT2D eigenvalue weighted by Crippen LogP contribution is 2.25. The number of sulfonamides is 1. The third kappa shape index (κ3) is 6.36. The molecule has 0 aromatic heterocycles. The summed E-state index contributed by atoms with van der Waals surface area (Å²) in [5.41, 5.74) is 1.79. The zero-order valence-corrected chi connectivity index (χ0v) is 20.2. The molecule has 32 heavy (non-hydrogen) atoms. The first kappa shape index (κ1) is 23.9. The van der Waals surface area contributed by atoms with Gasteiger partial charge in [0.15, 0.2) is 5.11 Å². The molecule has 3 rings (SSSR count). The fourth-order valence-electron chi connectivity index (χ4n) is 2.72. The normalized spacial score (nSPS) is 10.9. The SMILES string of the molecule is COc1ccc(C(=O)NC(=S)Nc2ccc(S(=O)(=O)NCc3ccccc3)cc2)cc1Br. The van der Waals surface area contributed by atoms with E-state index in [1.165, 1.54) is 19.2 Å². The molecule has 10 heteroatoms. The van der Waals surface area contributed by atoms with E-state index in [4.69, 9.17) is 17.0 Å². The summed E-state index contributed by atoms with van der Waals surface area (Å²) in [7, 11) is -2.13. The summed E-state index contributed by atoms with van der Waals surface area (Å²) < 4.78 is 33.3. The van der Waals surface area contributed by atoms with Gasteiger partial charge in [0.25, 0.3) is 5.91 Å². The average molecular weight is 534 g/mol. The van der Waals surface area contributed by atoms with Crippen molar-refractivity contribution in [1.82, 2.24) is 10.0 Å². The summed E-state index contributed by atoms with van der Waals surface area (Å²) in [6.45, 7) is 0.195. The van der Waals surface area contributed by atoms with Crippen LogP contribution >= 0.6 is 28.1 Å². The van der Waals surface area contributed by atoms with Crippen molar-refractivity contribution in [2.75, 3.05) is 12.4 Å². The van der Waals surface area contributed by atoms with Gasteiger partial charge < -0.3 is 10.1 Å². The highest BCUT2D eigenvalue weighted by atomic mass is 79.9. The molecule has 0 aliphatic rings. The summed E-state index contributed by atoms with van der Waals surface area (Å²) in [5.74, 6) is 0.214. The summed E-state index contributed by atoms with van der Waals surface area (Å²) >= 11 is 8.52. The Bertz CT molecular complexity index is 1220. The molecule has 0 fully saturated rings. The highest BCUT2D eigenvalue weighted by Gasteiger charge is 2.14. The number of ether oxygens (including phenoxy) is 1. The second kappa shape index (κ2) is 10.7. The molecule has 0 atom stereocenters. The zero-order chi connectivity index (χ0) is 23.1. The second-order valence-electron chi connectivity index (χ2n) is 6.59. The molecule has 0 saturated carbocycles. The van der Waals surface area contributed by atoms with Gasteiger partial charge in [0.05, 0.1) is 16.5 Å². The largest absolute Gasteiger partial charge is 0.496 e. The maximum absolute atomic E-state index is 12.5. The molecule has 3 aromatic rings. The van der Waals surface area contributed by atoms with Gasteiger partial charge in [0, 0.05) is 17.8 Å². The number of hydrogen-bond acceptors (Lipinski definition) is 5. The number of amides is 1. The van der Waals surface area contributed by atoms with Crippen molar-refractivity contribution in [3.05, 3.63) is 88.4 Å². The van der Waals surface area contributed by atoms with Crippen LogP contribution in [-0.4, -0.2) is 26.5 Å². The van der Waals surface area contributed by atoms with Gasteiger partial charge in [-0.2, -0.15) is 0 Å². The number of rotatable bonds is 7. The first-order chi connectivity index (χ1) is 15.3. The molecule has 0 saturated heterocycles. The molecule has 3 aromatic carbocycles. The molecule has 0 unspecified atom stereocenters. The van der Waals surface area contributed by atoms with Crippen LogP contribution in [0.1, 0.15) is 15.9 Å². The van der Waals surface area contributed by atoms with Gasteiger partial charge in [0.1, 0.15) is 5.75 Å². The molecule has 0 aliphatic heterocycles. The molecule has 0 bridgehead atoms. The molecule has 0 aliphatic carbocycles. The first-order valence-corrected chi connectivity index (χ1v) is 12.1. The number of anilines is 1. The molecule has 0 heterocycles. The van der Waals surface area contributed by atoms with Crippen molar-refractivity contribution >= 4 is 54.9 Å². The fourth-order valence-corrected chi connectivity index (χ4v) is 4.49. The van der Waals surface area contributed by atoms with E-state index in [2.05, 4.69) is 31.3 Å². The first-order valence-electron chi connectivity index (χ1n) is 9.38. The Morgan fingerprint density at radius 3 is 2.34 bits per heavy atom. The van der Waals surface area contributed by atoms with Crippen molar-refractivity contribution in [3.63, 3.8) is 0 Å². The number of thiocarbonyl (C=S) groups is 1. The van der Waals surface area contributed by atoms with Crippen LogP contribution in [0.5, 0.6) is 5.75 Å². The average Bonchev–Trinajstić information content (AvgIpc) is 2.78. The summed E-state index contributed by atoms with van der Waals surface area (Å²) in [5, 5.41) is 5.53. The van der Waals surface area contributed by atoms with Gasteiger partial charge in [-0.1, -0.05) is 30.3 Å². The van der Waals surface area contributed by atoms with Crippen LogP contribution in [0.25, 0.3) is 0 Å². The Labute approximate surface area is 200 Å². The summed E-state index contributed by atoms with van der Waals surface area (Å²) in [6, 6.07) is 20.2. The third-order valence-corrected chi connectivity index (χ3v) is 6.61. The maximum Gasteiger partial charge on any atom is 0.257 e. The van der Waals surface area contributed by atoms with Crippen molar-refractivity contribution in [2.45, 2.75) is 11.4 Å². The molecule has 3 N–H and O–H groups in total. The third-order valence-electron chi connectivity index (χ3n) is 4.37. The lowest BCUT2D eigenvalue weighted by Gasteiger charge is -2.11. The van der Waals surface area contributed by atoms with Crippen LogP contribution in [0, 0.1) is 0 Å². The van der Waals surface area contributed by atoms with Crippen molar-refractivity contribution in [2.24, 2.45) is 0 Å². The Morgan fingerprint density at radius 1 is 1.03 bits per heavy atom. The number of methoxy groups -OCH3 is 1. The number of hydrogen-bond donors (Lipinski definition) is 3. The van der Waals surface area contributed by atoms with Crippen LogP contribution in [0.15, 0.2) is 82.2 Å². The van der Waals surface area contributed by atoms with Crippen LogP contribution in [0.2, 0.25) is 0 Å². The van der Waals surface area contributed by atoms with Crippen LogP contribution in [0.3, 0.4) is 0 Å². The van der Waals surface area contributed by atoms with E-state index in [9.17, 15) is 13.2 Å². The lowest BCUT2D eigenvalue weighted by Crippen LogP contribution is -2.34. The minimum absolute atomic E-state index is 0.0831. The van der Waals surface area contributed by atoms with Crippen molar-refractivity contribution in [3.8, 4) is 5.75 Å². The van der Waals surface area contributed by atoms with Gasteiger partial charge in [-0.3, -0.25) is 10.1 Å². The molecule has 1 amide bonds. The lowest BCUT2D eigenvalue weighted by atomic mass is 10.2. The Hall–Kier alpha value is -2.79. The molecule has 166 valence electrons. The predicted octanol–water partition coefficient (Wildman–Crippen LogP) is 4.06. The minimum Gasteiger partial charge on any atom is -0.496 e. The summed E-state index contributed by atoms with van der Waals surface area (Å²) in [6.07, 6.45) is 0. The van der Waals surface area contributed by atoms with Gasteiger partial charge in [0.2, 0.25) is 10.0 Å². The number of benzene rings is 3. The number of halogens is 1. The van der Waals surface area contributed by atoms with E-state index in [1.807, 2.05) is 30.3 Å². The lowest BCUT2D eigenvalue weighted by molar-refractivity contribution is 0.0977. The van der Waals surface area contributed by atoms with Gasteiger partial charge in [-0.15, -0.1) is 0 Å². The van der Waals surface area contributed by atoms with E-state index in [-0.39, 0.29) is 16.6 Å². The number of carbonyl (C=O) groups excluding carboxylic acids is 1. The summed E-state index contributed by atoms with van der Waals surface area (Å²) in [4.78, 5) is 12.5. The predicted molar refractivity (Wildman–Crippen MR) is 131 cm³/mol. The molecular weight excluding hydrogens is 514 g/mol. The zero-order valence-electron chi connectivity index (χ0n) is 17.0. The van der Waals surface area contributed by atoms with E-state index < -0.39 is 15.9 Å². The van der Waals surface area contributed by atoms with Gasteiger partial charge in [-0.25, -0.2) is 13.1 Å². The van der Waals surface area contributed by atoms with Crippen LogP contribution in [0.4, 0.5) is 5.69 Å². The van der Waals surface area contributed by atoms with Crippen LogP contribution < -0.4 is 20.1 Å². The van der Waals surface area contributed by atoms with Gasteiger partial charge in [-0.05, 0) is 76.2 Å². The van der Waals surface area contributed by atoms with Crippen LogP contribution in [-0.2, 0) is 16.6 Å². The maximum atomic E-state index is 12.5. The topological polar surface area (TPSA) is 96.5 Å². The van der Waals surface area contributed by atoms with E-state index in [0.717, 1.165) is 5.56 Å².